The van der Waals surface area contributed by atoms with Gasteiger partial charge >= 0.3 is 0 Å². The van der Waals surface area contributed by atoms with E-state index in [2.05, 4.69) is 30.4 Å². The van der Waals surface area contributed by atoms with Crippen LogP contribution in [-0.2, 0) is 17.6 Å². The number of unbranched alkanes of at least 4 members (excludes halogenated alkanes) is 1. The lowest BCUT2D eigenvalue weighted by atomic mass is 10.0. The highest BCUT2D eigenvalue weighted by Gasteiger charge is 2.26. The number of carbonyl (C=O) groups is 1. The fourth-order valence-electron chi connectivity index (χ4n) is 2.48. The molecule has 0 unspecified atom stereocenters. The molecule has 1 atom stereocenters. The van der Waals surface area contributed by atoms with Crippen LogP contribution in [0.25, 0.3) is 0 Å². The molecule has 22 heavy (non-hydrogen) atoms. The van der Waals surface area contributed by atoms with Crippen LogP contribution >= 0.6 is 0 Å². The summed E-state index contributed by atoms with van der Waals surface area (Å²) in [5.74, 6) is -0.118. The predicted octanol–water partition coefficient (Wildman–Crippen LogP) is 2.53. The lowest BCUT2D eigenvalue weighted by Crippen LogP contribution is -2.51. The second kappa shape index (κ2) is 8.55. The number of aryl methyl sites for hydroxylation is 1. The molecule has 1 N–H and O–H groups in total. The predicted molar refractivity (Wildman–Crippen MR) is 89.5 cm³/mol. The minimum Gasteiger partial charge on any atom is -0.337 e. The van der Waals surface area contributed by atoms with Gasteiger partial charge in [-0.25, -0.2) is 0 Å². The van der Waals surface area contributed by atoms with E-state index >= 15 is 0 Å². The van der Waals surface area contributed by atoms with E-state index in [1.54, 1.807) is 6.92 Å². The number of hydrogen-bond acceptors (Lipinski definition) is 3. The van der Waals surface area contributed by atoms with Crippen LogP contribution in [0.15, 0.2) is 24.3 Å². The minimum absolute atomic E-state index is 0.118. The van der Waals surface area contributed by atoms with Gasteiger partial charge in [-0.1, -0.05) is 37.6 Å². The van der Waals surface area contributed by atoms with E-state index < -0.39 is 5.54 Å². The van der Waals surface area contributed by atoms with Crippen LogP contribution in [0.2, 0.25) is 0 Å². The van der Waals surface area contributed by atoms with Crippen molar-refractivity contribution < 1.29 is 4.79 Å². The average molecular weight is 301 g/mol. The second-order valence-electron chi connectivity index (χ2n) is 6.33. The molecule has 0 saturated heterocycles. The van der Waals surface area contributed by atoms with Crippen molar-refractivity contribution in [2.24, 2.45) is 0 Å². The van der Waals surface area contributed by atoms with E-state index in [9.17, 15) is 10.1 Å². The molecule has 1 rings (SSSR count). The van der Waals surface area contributed by atoms with Gasteiger partial charge in [0.1, 0.15) is 5.54 Å². The van der Waals surface area contributed by atoms with Gasteiger partial charge in [0.25, 0.3) is 0 Å². The summed E-state index contributed by atoms with van der Waals surface area (Å²) in [5, 5.41) is 12.1. The first-order valence-corrected chi connectivity index (χ1v) is 7.83. The van der Waals surface area contributed by atoms with Crippen molar-refractivity contribution in [3.63, 3.8) is 0 Å². The van der Waals surface area contributed by atoms with Crippen molar-refractivity contribution >= 4 is 5.91 Å². The van der Waals surface area contributed by atoms with Gasteiger partial charge < -0.3 is 10.2 Å². The zero-order chi connectivity index (χ0) is 16.6. The number of nitrogens with zero attached hydrogens (tertiary/aromatic N) is 2. The Kier molecular flexibility index (Phi) is 7.07. The molecule has 0 spiro atoms. The SMILES string of the molecule is CCCCc1ccc(CC(=O)N[C@@](C)(C#N)CN(C)C)cc1. The lowest BCUT2D eigenvalue weighted by molar-refractivity contribution is -0.121. The molecular formula is C18H27N3O. The summed E-state index contributed by atoms with van der Waals surface area (Å²) in [6.07, 6.45) is 3.75. The fraction of sp³-hybridized carbons (Fsp3) is 0.556. The summed E-state index contributed by atoms with van der Waals surface area (Å²) >= 11 is 0. The molecule has 1 amide bonds. The molecular weight excluding hydrogens is 274 g/mol. The van der Waals surface area contributed by atoms with Crippen molar-refractivity contribution in [2.45, 2.75) is 45.1 Å². The van der Waals surface area contributed by atoms with E-state index in [0.717, 1.165) is 12.0 Å². The van der Waals surface area contributed by atoms with E-state index in [-0.39, 0.29) is 5.91 Å². The molecule has 1 aromatic carbocycles. The Hall–Kier alpha value is -1.86. The first kappa shape index (κ1) is 18.2. The third-order valence-electron chi connectivity index (χ3n) is 3.50. The standard InChI is InChI=1S/C18H27N3O/c1-5-6-7-15-8-10-16(11-9-15)12-17(22)20-18(2,13-19)14-21(3)4/h8-11H,5-7,12,14H2,1-4H3,(H,20,22)/t18-/m0/s1. The van der Waals surface area contributed by atoms with Crippen molar-refractivity contribution in [2.75, 3.05) is 20.6 Å². The van der Waals surface area contributed by atoms with Crippen molar-refractivity contribution in [3.05, 3.63) is 35.4 Å². The number of likely N-dealkylation sites (N-methyl/N-ethyl adjacent to an activating group) is 1. The molecule has 0 fully saturated rings. The second-order valence-corrected chi connectivity index (χ2v) is 6.33. The third-order valence-corrected chi connectivity index (χ3v) is 3.50. The number of carbonyl (C=O) groups excluding carboxylic acids is 1. The van der Waals surface area contributed by atoms with Crippen LogP contribution in [-0.4, -0.2) is 37.0 Å². The average Bonchev–Trinajstić information content (AvgIpc) is 2.45. The molecule has 0 saturated carbocycles. The van der Waals surface area contributed by atoms with Gasteiger partial charge in [-0.2, -0.15) is 5.26 Å². The molecule has 4 heteroatoms. The topological polar surface area (TPSA) is 56.1 Å². The number of hydrogen-bond donors (Lipinski definition) is 1. The van der Waals surface area contributed by atoms with Gasteiger partial charge in [0.05, 0.1) is 12.5 Å². The zero-order valence-electron chi connectivity index (χ0n) is 14.1. The zero-order valence-corrected chi connectivity index (χ0v) is 14.1. The van der Waals surface area contributed by atoms with Crippen LogP contribution in [0.1, 0.15) is 37.8 Å². The maximum Gasteiger partial charge on any atom is 0.225 e. The van der Waals surface area contributed by atoms with Gasteiger partial charge in [0.2, 0.25) is 5.91 Å². The van der Waals surface area contributed by atoms with Gasteiger partial charge in [-0.05, 0) is 45.0 Å². The van der Waals surface area contributed by atoms with Crippen LogP contribution < -0.4 is 5.32 Å². The van der Waals surface area contributed by atoms with Crippen LogP contribution in [0.5, 0.6) is 0 Å². The summed E-state index contributed by atoms with van der Waals surface area (Å²) in [5.41, 5.74) is 1.42. The number of benzene rings is 1. The minimum atomic E-state index is -0.859. The number of nitrogens with one attached hydrogen (secondary N) is 1. The Balaban J connectivity index is 2.59. The highest BCUT2D eigenvalue weighted by Crippen LogP contribution is 2.10. The van der Waals surface area contributed by atoms with Gasteiger partial charge in [-0.3, -0.25) is 4.79 Å². The molecule has 4 nitrogen and oxygen atoms in total. The molecule has 120 valence electrons. The van der Waals surface area contributed by atoms with E-state index in [4.69, 9.17) is 0 Å². The summed E-state index contributed by atoms with van der Waals surface area (Å²) in [7, 11) is 3.77. The van der Waals surface area contributed by atoms with Crippen LogP contribution in [0, 0.1) is 11.3 Å². The molecule has 0 aliphatic carbocycles. The Morgan fingerprint density at radius 1 is 1.27 bits per heavy atom. The maximum absolute atomic E-state index is 12.1. The summed E-state index contributed by atoms with van der Waals surface area (Å²) < 4.78 is 0. The van der Waals surface area contributed by atoms with Crippen LogP contribution in [0.3, 0.4) is 0 Å². The van der Waals surface area contributed by atoms with E-state index in [1.807, 2.05) is 31.1 Å². The fourth-order valence-corrected chi connectivity index (χ4v) is 2.48. The molecule has 0 radical (unpaired) electrons. The monoisotopic (exact) mass is 301 g/mol. The lowest BCUT2D eigenvalue weighted by Gasteiger charge is -2.26. The Morgan fingerprint density at radius 3 is 2.36 bits per heavy atom. The Morgan fingerprint density at radius 2 is 1.86 bits per heavy atom. The normalized spacial score (nSPS) is 13.5. The largest absolute Gasteiger partial charge is 0.337 e. The van der Waals surface area contributed by atoms with Crippen LogP contribution in [0.4, 0.5) is 0 Å². The first-order chi connectivity index (χ1) is 10.4. The van der Waals surface area contributed by atoms with Gasteiger partial charge in [-0.15, -0.1) is 0 Å². The van der Waals surface area contributed by atoms with Gasteiger partial charge in [0.15, 0.2) is 0 Å². The summed E-state index contributed by atoms with van der Waals surface area (Å²) in [6.45, 7) is 4.42. The number of amides is 1. The third kappa shape index (κ3) is 6.28. The van der Waals surface area contributed by atoms with E-state index in [0.29, 0.717) is 13.0 Å². The molecule has 0 aliphatic heterocycles. The summed E-state index contributed by atoms with van der Waals surface area (Å²) in [6, 6.07) is 10.4. The molecule has 0 bridgehead atoms. The number of nitriles is 1. The van der Waals surface area contributed by atoms with E-state index in [1.165, 1.54) is 18.4 Å². The van der Waals surface area contributed by atoms with Crippen molar-refractivity contribution in [3.8, 4) is 6.07 Å². The molecule has 0 aromatic heterocycles. The first-order valence-electron chi connectivity index (χ1n) is 7.83. The number of rotatable bonds is 8. The highest BCUT2D eigenvalue weighted by atomic mass is 16.1. The smallest absolute Gasteiger partial charge is 0.225 e. The van der Waals surface area contributed by atoms with Crippen molar-refractivity contribution in [1.82, 2.24) is 10.2 Å². The molecule has 0 aliphatic rings. The maximum atomic E-state index is 12.1. The molecule has 0 heterocycles. The quantitative estimate of drug-likeness (QED) is 0.803. The summed E-state index contributed by atoms with van der Waals surface area (Å²) in [4.78, 5) is 14.0. The Labute approximate surface area is 134 Å². The highest BCUT2D eigenvalue weighted by molar-refractivity contribution is 5.79. The van der Waals surface area contributed by atoms with Gasteiger partial charge in [0, 0.05) is 6.54 Å². The molecule has 1 aromatic rings. The Bertz CT molecular complexity index is 516. The van der Waals surface area contributed by atoms with Crippen molar-refractivity contribution in [1.29, 1.82) is 5.26 Å².